The van der Waals surface area contributed by atoms with Crippen molar-refractivity contribution in [1.29, 1.82) is 0 Å². The zero-order valence-corrected chi connectivity index (χ0v) is 35.5. The van der Waals surface area contributed by atoms with E-state index in [0.717, 1.165) is 89.9 Å². The van der Waals surface area contributed by atoms with Crippen molar-refractivity contribution in [2.24, 2.45) is 0 Å². The van der Waals surface area contributed by atoms with Crippen LogP contribution in [0.2, 0.25) is 0 Å². The van der Waals surface area contributed by atoms with Crippen molar-refractivity contribution < 1.29 is 28.6 Å². The van der Waals surface area contributed by atoms with Crippen molar-refractivity contribution in [2.45, 2.75) is 226 Å². The summed E-state index contributed by atoms with van der Waals surface area (Å²) in [7, 11) is 0. The summed E-state index contributed by atoms with van der Waals surface area (Å²) in [6.45, 7) is 6.40. The van der Waals surface area contributed by atoms with Gasteiger partial charge in [-0.1, -0.05) is 172 Å². The van der Waals surface area contributed by atoms with Crippen LogP contribution >= 0.6 is 0 Å². The lowest BCUT2D eigenvalue weighted by atomic mass is 10.1. The van der Waals surface area contributed by atoms with E-state index >= 15 is 0 Å². The van der Waals surface area contributed by atoms with E-state index in [9.17, 15) is 14.4 Å². The molecule has 312 valence electrons. The Labute approximate surface area is 333 Å². The van der Waals surface area contributed by atoms with Crippen molar-refractivity contribution in [3.63, 3.8) is 0 Å². The number of rotatable bonds is 40. The van der Waals surface area contributed by atoms with Gasteiger partial charge in [0.2, 0.25) is 0 Å². The normalized spacial score (nSPS) is 12.4. The van der Waals surface area contributed by atoms with Crippen LogP contribution in [0.4, 0.5) is 0 Å². The summed E-state index contributed by atoms with van der Waals surface area (Å²) in [4.78, 5) is 37.4. The fourth-order valence-corrected chi connectivity index (χ4v) is 6.16. The first-order valence-electron chi connectivity index (χ1n) is 22.6. The molecule has 0 rings (SSSR count). The van der Waals surface area contributed by atoms with Crippen molar-refractivity contribution in [3.8, 4) is 0 Å². The summed E-state index contributed by atoms with van der Waals surface area (Å²) in [5.41, 5.74) is 0. The van der Waals surface area contributed by atoms with Gasteiger partial charge in [0.05, 0.1) is 0 Å². The molecule has 0 fully saturated rings. The summed E-state index contributed by atoms with van der Waals surface area (Å²) in [6, 6.07) is 0. The molecule has 0 radical (unpaired) electrons. The molecule has 6 heteroatoms. The van der Waals surface area contributed by atoms with E-state index in [0.29, 0.717) is 19.3 Å². The molecule has 1 unspecified atom stereocenters. The standard InChI is InChI=1S/C48H84O6/c1-4-7-10-13-15-17-19-21-22-23-24-25-27-28-30-32-35-38-41-47(50)53-44-45(43-52-46(49)40-37-34-12-9-6-3)54-48(51)42-39-36-33-31-29-26-20-18-16-14-11-8-5-2/h8,11,16,18,22-23,26,29,45H,4-7,9-10,12-15,17,19-21,24-25,27-28,30-44H2,1-3H3/b11-8-,18-16-,23-22-,29-26-. The molecule has 0 aromatic carbocycles. The van der Waals surface area contributed by atoms with Crippen LogP contribution in [0.1, 0.15) is 220 Å². The molecule has 54 heavy (non-hydrogen) atoms. The van der Waals surface area contributed by atoms with Gasteiger partial charge in [0.1, 0.15) is 13.2 Å². The van der Waals surface area contributed by atoms with Crippen LogP contribution in [0.5, 0.6) is 0 Å². The average Bonchev–Trinajstić information content (AvgIpc) is 3.17. The Kier molecular flexibility index (Phi) is 41.0. The Morgan fingerprint density at radius 3 is 1.17 bits per heavy atom. The summed E-state index contributed by atoms with van der Waals surface area (Å²) < 4.78 is 16.6. The maximum Gasteiger partial charge on any atom is 0.306 e. The smallest absolute Gasteiger partial charge is 0.306 e. The first kappa shape index (κ1) is 51.4. The number of esters is 3. The highest BCUT2D eigenvalue weighted by atomic mass is 16.6. The minimum absolute atomic E-state index is 0.0873. The molecule has 0 bridgehead atoms. The van der Waals surface area contributed by atoms with Crippen molar-refractivity contribution in [3.05, 3.63) is 48.6 Å². The van der Waals surface area contributed by atoms with Gasteiger partial charge in [-0.15, -0.1) is 0 Å². The number of carbonyl (C=O) groups excluding carboxylic acids is 3. The van der Waals surface area contributed by atoms with Crippen LogP contribution in [-0.2, 0) is 28.6 Å². The third kappa shape index (κ3) is 40.6. The van der Waals surface area contributed by atoms with Gasteiger partial charge >= 0.3 is 17.9 Å². The highest BCUT2D eigenvalue weighted by Gasteiger charge is 2.19. The molecular formula is C48H84O6. The Hall–Kier alpha value is -2.63. The van der Waals surface area contributed by atoms with E-state index in [2.05, 4.69) is 69.4 Å². The third-order valence-electron chi connectivity index (χ3n) is 9.57. The van der Waals surface area contributed by atoms with Crippen LogP contribution in [0.3, 0.4) is 0 Å². The number of allylic oxidation sites excluding steroid dienone is 8. The Morgan fingerprint density at radius 1 is 0.389 bits per heavy atom. The van der Waals surface area contributed by atoms with Gasteiger partial charge < -0.3 is 14.2 Å². The van der Waals surface area contributed by atoms with Gasteiger partial charge in [0, 0.05) is 19.3 Å². The van der Waals surface area contributed by atoms with E-state index < -0.39 is 6.10 Å². The number of hydrogen-bond acceptors (Lipinski definition) is 6. The lowest BCUT2D eigenvalue weighted by Crippen LogP contribution is -2.30. The third-order valence-corrected chi connectivity index (χ3v) is 9.57. The van der Waals surface area contributed by atoms with Crippen molar-refractivity contribution in [1.82, 2.24) is 0 Å². The van der Waals surface area contributed by atoms with Gasteiger partial charge in [0.25, 0.3) is 0 Å². The van der Waals surface area contributed by atoms with Gasteiger partial charge in [-0.05, 0) is 77.0 Å². The topological polar surface area (TPSA) is 78.9 Å². The fourth-order valence-electron chi connectivity index (χ4n) is 6.16. The lowest BCUT2D eigenvalue weighted by Gasteiger charge is -2.18. The second kappa shape index (κ2) is 43.1. The highest BCUT2D eigenvalue weighted by molar-refractivity contribution is 5.71. The van der Waals surface area contributed by atoms with Crippen LogP contribution in [0.15, 0.2) is 48.6 Å². The van der Waals surface area contributed by atoms with E-state index in [-0.39, 0.29) is 31.1 Å². The molecule has 0 aromatic rings. The molecule has 0 saturated heterocycles. The molecule has 0 aliphatic rings. The second-order valence-corrected chi connectivity index (χ2v) is 14.9. The number of unbranched alkanes of at least 4 members (excludes halogenated alkanes) is 21. The van der Waals surface area contributed by atoms with E-state index in [4.69, 9.17) is 14.2 Å². The number of hydrogen-bond donors (Lipinski definition) is 0. The Bertz CT molecular complexity index is 964. The number of ether oxygens (including phenoxy) is 3. The molecule has 1 atom stereocenters. The maximum atomic E-state index is 12.6. The summed E-state index contributed by atoms with van der Waals surface area (Å²) in [6.07, 6.45) is 49.9. The van der Waals surface area contributed by atoms with Crippen LogP contribution in [0, 0.1) is 0 Å². The Balaban J connectivity index is 4.24. The van der Waals surface area contributed by atoms with E-state index in [1.165, 1.54) is 89.9 Å². The van der Waals surface area contributed by atoms with Gasteiger partial charge in [0.15, 0.2) is 6.10 Å². The summed E-state index contributed by atoms with van der Waals surface area (Å²) >= 11 is 0. The molecule has 0 heterocycles. The quantitative estimate of drug-likeness (QED) is 0.0268. The lowest BCUT2D eigenvalue weighted by molar-refractivity contribution is -0.167. The molecule has 0 aliphatic carbocycles. The maximum absolute atomic E-state index is 12.6. The zero-order chi connectivity index (χ0) is 39.4. The first-order chi connectivity index (χ1) is 26.5. The number of carbonyl (C=O) groups is 3. The van der Waals surface area contributed by atoms with Crippen LogP contribution in [-0.4, -0.2) is 37.2 Å². The predicted octanol–water partition coefficient (Wildman–Crippen LogP) is 14.4. The monoisotopic (exact) mass is 757 g/mol. The first-order valence-corrected chi connectivity index (χ1v) is 22.6. The summed E-state index contributed by atoms with van der Waals surface area (Å²) in [5, 5.41) is 0. The van der Waals surface area contributed by atoms with Crippen molar-refractivity contribution >= 4 is 17.9 Å². The molecule has 0 spiro atoms. The van der Waals surface area contributed by atoms with Crippen molar-refractivity contribution in [2.75, 3.05) is 13.2 Å². The van der Waals surface area contributed by atoms with Gasteiger partial charge in [-0.2, -0.15) is 0 Å². The summed E-state index contributed by atoms with van der Waals surface area (Å²) in [5.74, 6) is -0.937. The van der Waals surface area contributed by atoms with Crippen LogP contribution in [0.25, 0.3) is 0 Å². The van der Waals surface area contributed by atoms with Gasteiger partial charge in [-0.25, -0.2) is 0 Å². The fraction of sp³-hybridized carbons (Fsp3) is 0.771. The van der Waals surface area contributed by atoms with Gasteiger partial charge in [-0.3, -0.25) is 14.4 Å². The van der Waals surface area contributed by atoms with E-state index in [1.807, 2.05) is 0 Å². The molecule has 0 aromatic heterocycles. The second-order valence-electron chi connectivity index (χ2n) is 14.9. The van der Waals surface area contributed by atoms with E-state index in [1.54, 1.807) is 0 Å². The largest absolute Gasteiger partial charge is 0.462 e. The highest BCUT2D eigenvalue weighted by Crippen LogP contribution is 2.13. The molecule has 0 aliphatic heterocycles. The predicted molar refractivity (Wildman–Crippen MR) is 229 cm³/mol. The minimum Gasteiger partial charge on any atom is -0.462 e. The zero-order valence-electron chi connectivity index (χ0n) is 35.5. The molecule has 0 N–H and O–H groups in total. The van der Waals surface area contributed by atoms with Crippen LogP contribution < -0.4 is 0 Å². The molecule has 6 nitrogen and oxygen atoms in total. The molecule has 0 amide bonds. The minimum atomic E-state index is -0.783. The molecular weight excluding hydrogens is 673 g/mol. The average molecular weight is 757 g/mol. The SMILES string of the molecule is CC/C=C\C/C=C\C/C=C\CCCCCC(=O)OC(COC(=O)CCCCCCC)COC(=O)CCCCCCCCC/C=C\CCCCCCCCC. The molecule has 0 saturated carbocycles. The Morgan fingerprint density at radius 2 is 0.722 bits per heavy atom.